The van der Waals surface area contributed by atoms with Gasteiger partial charge in [-0.3, -0.25) is 0 Å². The number of sulfone groups is 1. The zero-order valence-corrected chi connectivity index (χ0v) is 8.78. The van der Waals surface area contributed by atoms with Gasteiger partial charge in [0.1, 0.15) is 5.69 Å². The van der Waals surface area contributed by atoms with Crippen LogP contribution in [0.5, 0.6) is 0 Å². The standard InChI is InChI=1S/C8H8F3NO2S/c1-5-6(15(2,13)14)3-4-7(12-5)8(9,10)11/h3-4H,1-2H3. The number of aryl methyl sites for hydroxylation is 1. The van der Waals surface area contributed by atoms with Crippen LogP contribution in [0.3, 0.4) is 0 Å². The molecule has 0 amide bonds. The fraction of sp³-hybridized carbons (Fsp3) is 0.375. The number of hydrogen-bond donors (Lipinski definition) is 0. The van der Waals surface area contributed by atoms with Crippen LogP contribution in [-0.2, 0) is 16.0 Å². The van der Waals surface area contributed by atoms with Crippen LogP contribution in [0.15, 0.2) is 17.0 Å². The van der Waals surface area contributed by atoms with Crippen LogP contribution in [0.1, 0.15) is 11.4 Å². The summed E-state index contributed by atoms with van der Waals surface area (Å²) in [5.41, 5.74) is -1.24. The van der Waals surface area contributed by atoms with Crippen molar-refractivity contribution in [1.82, 2.24) is 4.98 Å². The zero-order chi connectivity index (χ0) is 11.9. The minimum absolute atomic E-state index is 0.146. The summed E-state index contributed by atoms with van der Waals surface area (Å²) in [5, 5.41) is 0. The smallest absolute Gasteiger partial charge is 0.247 e. The minimum atomic E-state index is -4.55. The topological polar surface area (TPSA) is 47.0 Å². The molecule has 0 unspecified atom stereocenters. The number of nitrogens with zero attached hydrogens (tertiary/aromatic N) is 1. The van der Waals surface area contributed by atoms with E-state index in [1.54, 1.807) is 0 Å². The van der Waals surface area contributed by atoms with Crippen molar-refractivity contribution in [2.45, 2.75) is 18.0 Å². The van der Waals surface area contributed by atoms with Gasteiger partial charge in [-0.25, -0.2) is 13.4 Å². The molecule has 1 rings (SSSR count). The molecule has 84 valence electrons. The Balaban J connectivity index is 3.34. The van der Waals surface area contributed by atoms with E-state index >= 15 is 0 Å². The van der Waals surface area contributed by atoms with Gasteiger partial charge in [0.05, 0.1) is 10.6 Å². The van der Waals surface area contributed by atoms with E-state index in [-0.39, 0.29) is 10.6 Å². The van der Waals surface area contributed by atoms with Gasteiger partial charge in [0.2, 0.25) is 0 Å². The Kier molecular flexibility index (Phi) is 2.77. The molecule has 0 aliphatic rings. The van der Waals surface area contributed by atoms with Crippen molar-refractivity contribution >= 4 is 9.84 Å². The molecule has 0 aliphatic carbocycles. The second kappa shape index (κ2) is 3.48. The average Bonchev–Trinajstić information content (AvgIpc) is 1.99. The van der Waals surface area contributed by atoms with E-state index in [4.69, 9.17) is 0 Å². The van der Waals surface area contributed by atoms with Gasteiger partial charge in [0.25, 0.3) is 0 Å². The van der Waals surface area contributed by atoms with E-state index in [1.165, 1.54) is 6.92 Å². The molecule has 0 atom stereocenters. The Bertz CT molecular complexity index is 479. The largest absolute Gasteiger partial charge is 0.433 e. The van der Waals surface area contributed by atoms with Crippen LogP contribution < -0.4 is 0 Å². The van der Waals surface area contributed by atoms with E-state index in [1.807, 2.05) is 0 Å². The third-order valence-corrected chi connectivity index (χ3v) is 2.96. The van der Waals surface area contributed by atoms with Gasteiger partial charge < -0.3 is 0 Å². The van der Waals surface area contributed by atoms with E-state index in [0.29, 0.717) is 6.07 Å². The van der Waals surface area contributed by atoms with Crippen LogP contribution in [0.2, 0.25) is 0 Å². The van der Waals surface area contributed by atoms with Crippen LogP contribution in [0, 0.1) is 6.92 Å². The van der Waals surface area contributed by atoms with Gasteiger partial charge in [-0.05, 0) is 19.1 Å². The molecule has 0 saturated carbocycles. The second-order valence-corrected chi connectivity index (χ2v) is 5.03. The van der Waals surface area contributed by atoms with Crippen molar-refractivity contribution in [3.63, 3.8) is 0 Å². The molecule has 1 heterocycles. The monoisotopic (exact) mass is 239 g/mol. The maximum atomic E-state index is 12.2. The highest BCUT2D eigenvalue weighted by atomic mass is 32.2. The molecule has 0 saturated heterocycles. The third kappa shape index (κ3) is 2.68. The number of hydrogen-bond acceptors (Lipinski definition) is 3. The SMILES string of the molecule is Cc1nc(C(F)(F)F)ccc1S(C)(=O)=O. The Morgan fingerprint density at radius 2 is 1.80 bits per heavy atom. The van der Waals surface area contributed by atoms with Crippen molar-refractivity contribution in [3.8, 4) is 0 Å². The zero-order valence-electron chi connectivity index (χ0n) is 7.96. The van der Waals surface area contributed by atoms with Crippen molar-refractivity contribution in [1.29, 1.82) is 0 Å². The van der Waals surface area contributed by atoms with Crippen molar-refractivity contribution in [2.75, 3.05) is 6.26 Å². The van der Waals surface area contributed by atoms with Crippen LogP contribution in [0.4, 0.5) is 13.2 Å². The normalized spacial score (nSPS) is 12.9. The van der Waals surface area contributed by atoms with Crippen LogP contribution in [0.25, 0.3) is 0 Å². The second-order valence-electron chi connectivity index (χ2n) is 3.05. The predicted octanol–water partition coefficient (Wildman–Crippen LogP) is 1.81. The van der Waals surface area contributed by atoms with E-state index in [0.717, 1.165) is 12.3 Å². The van der Waals surface area contributed by atoms with Gasteiger partial charge in [0, 0.05) is 6.26 Å². The summed E-state index contributed by atoms with van der Waals surface area (Å²) in [6, 6.07) is 1.57. The summed E-state index contributed by atoms with van der Waals surface area (Å²) in [7, 11) is -3.53. The lowest BCUT2D eigenvalue weighted by Gasteiger charge is -2.08. The third-order valence-electron chi connectivity index (χ3n) is 1.73. The van der Waals surface area contributed by atoms with Gasteiger partial charge >= 0.3 is 6.18 Å². The molecule has 0 N–H and O–H groups in total. The molecule has 0 bridgehead atoms. The summed E-state index contributed by atoms with van der Waals surface area (Å²) in [4.78, 5) is 3.02. The average molecular weight is 239 g/mol. The maximum absolute atomic E-state index is 12.2. The van der Waals surface area contributed by atoms with Gasteiger partial charge in [-0.1, -0.05) is 0 Å². The molecule has 1 aromatic heterocycles. The van der Waals surface area contributed by atoms with Crippen molar-refractivity contribution in [3.05, 3.63) is 23.5 Å². The summed E-state index contributed by atoms with van der Waals surface area (Å²) in [5.74, 6) is 0. The fourth-order valence-corrected chi connectivity index (χ4v) is 2.00. The first-order valence-electron chi connectivity index (χ1n) is 3.87. The number of aromatic nitrogens is 1. The van der Waals surface area contributed by atoms with Crippen LogP contribution >= 0.6 is 0 Å². The molecule has 15 heavy (non-hydrogen) atoms. The first-order chi connectivity index (χ1) is 6.62. The highest BCUT2D eigenvalue weighted by molar-refractivity contribution is 7.90. The Hall–Kier alpha value is -1.11. The lowest BCUT2D eigenvalue weighted by atomic mass is 10.3. The molecular weight excluding hydrogens is 231 g/mol. The summed E-state index contributed by atoms with van der Waals surface area (Å²) < 4.78 is 58.7. The van der Waals surface area contributed by atoms with Gasteiger partial charge in [-0.15, -0.1) is 0 Å². The van der Waals surface area contributed by atoms with Crippen LogP contribution in [-0.4, -0.2) is 19.7 Å². The lowest BCUT2D eigenvalue weighted by molar-refractivity contribution is -0.141. The number of rotatable bonds is 1. The minimum Gasteiger partial charge on any atom is -0.247 e. The molecule has 0 radical (unpaired) electrons. The summed E-state index contributed by atoms with van der Waals surface area (Å²) >= 11 is 0. The Labute approximate surface area is 84.9 Å². The lowest BCUT2D eigenvalue weighted by Crippen LogP contribution is -2.11. The van der Waals surface area contributed by atoms with Gasteiger partial charge in [-0.2, -0.15) is 13.2 Å². The van der Waals surface area contributed by atoms with Crippen molar-refractivity contribution in [2.24, 2.45) is 0 Å². The molecule has 3 nitrogen and oxygen atoms in total. The molecule has 0 aromatic carbocycles. The van der Waals surface area contributed by atoms with E-state index in [2.05, 4.69) is 4.98 Å². The first kappa shape index (κ1) is 12.0. The van der Waals surface area contributed by atoms with Crippen molar-refractivity contribution < 1.29 is 21.6 Å². The van der Waals surface area contributed by atoms with Gasteiger partial charge in [0.15, 0.2) is 9.84 Å². The highest BCUT2D eigenvalue weighted by Crippen LogP contribution is 2.28. The molecule has 1 aromatic rings. The fourth-order valence-electron chi connectivity index (χ4n) is 1.10. The quantitative estimate of drug-likeness (QED) is 0.750. The predicted molar refractivity (Wildman–Crippen MR) is 47.1 cm³/mol. The number of alkyl halides is 3. The number of halogens is 3. The number of pyridine rings is 1. The maximum Gasteiger partial charge on any atom is 0.433 e. The summed E-state index contributed by atoms with van der Waals surface area (Å²) in [6.07, 6.45) is -3.63. The molecule has 0 fully saturated rings. The summed E-state index contributed by atoms with van der Waals surface area (Å²) in [6.45, 7) is 1.23. The first-order valence-corrected chi connectivity index (χ1v) is 5.76. The molecular formula is C8H8F3NO2S. The molecule has 0 aliphatic heterocycles. The van der Waals surface area contributed by atoms with E-state index < -0.39 is 21.7 Å². The molecule has 0 spiro atoms. The Morgan fingerprint density at radius 3 is 2.13 bits per heavy atom. The van der Waals surface area contributed by atoms with E-state index in [9.17, 15) is 21.6 Å². The highest BCUT2D eigenvalue weighted by Gasteiger charge is 2.33. The Morgan fingerprint density at radius 1 is 1.27 bits per heavy atom. The molecule has 7 heteroatoms.